The van der Waals surface area contributed by atoms with Crippen LogP contribution in [0.4, 0.5) is 5.69 Å². The number of imide groups is 1. The van der Waals surface area contributed by atoms with Crippen LogP contribution in [-0.2, 0) is 33.7 Å². The van der Waals surface area contributed by atoms with Crippen LogP contribution in [0.3, 0.4) is 0 Å². The summed E-state index contributed by atoms with van der Waals surface area (Å²) in [6, 6.07) is 7.75. The molecule has 3 aliphatic heterocycles. The number of benzene rings is 2. The van der Waals surface area contributed by atoms with E-state index in [1.54, 1.807) is 19.1 Å². The van der Waals surface area contributed by atoms with Crippen molar-refractivity contribution >= 4 is 33.2 Å². The second kappa shape index (κ2) is 13.0. The van der Waals surface area contributed by atoms with Crippen molar-refractivity contribution in [2.45, 2.75) is 37.4 Å². The monoisotopic (exact) mass is 649 g/mol. The third-order valence-corrected chi connectivity index (χ3v) is 8.40. The summed E-state index contributed by atoms with van der Waals surface area (Å²) in [4.78, 5) is 56.5. The first-order chi connectivity index (χ1) is 21.4. The first-order valence-electron chi connectivity index (χ1n) is 13.9. The molecule has 3 amide bonds. The molecule has 2 aromatic rings. The molecule has 0 bridgehead atoms. The molecule has 0 aromatic heterocycles. The number of fused-ring (bicyclic) bond motifs is 2. The van der Waals surface area contributed by atoms with Gasteiger partial charge in [-0.2, -0.15) is 0 Å². The first kappa shape index (κ1) is 32.1. The molecular formula is C28H31N3O13S. The van der Waals surface area contributed by atoms with E-state index >= 15 is 0 Å². The van der Waals surface area contributed by atoms with Crippen LogP contribution in [0.15, 0.2) is 36.4 Å². The molecule has 242 valence electrons. The van der Waals surface area contributed by atoms with Gasteiger partial charge in [-0.3, -0.25) is 19.3 Å². The smallest absolute Gasteiger partial charge is 0.294 e. The Kier molecular flexibility index (Phi) is 9.24. The summed E-state index contributed by atoms with van der Waals surface area (Å²) < 4.78 is 52.6. The number of carbonyl (C=O) groups excluding carboxylic acids is 3. The molecule has 5 atom stereocenters. The van der Waals surface area contributed by atoms with E-state index in [-0.39, 0.29) is 36.6 Å². The Balaban J connectivity index is 1.33. The summed E-state index contributed by atoms with van der Waals surface area (Å²) in [5.41, 5.74) is 0.243. The van der Waals surface area contributed by atoms with Crippen LogP contribution in [0, 0.1) is 10.1 Å². The van der Waals surface area contributed by atoms with Crippen molar-refractivity contribution in [3.63, 3.8) is 0 Å². The number of nitrogens with one attached hydrogen (secondary N) is 1. The van der Waals surface area contributed by atoms with Crippen molar-refractivity contribution < 1.29 is 56.4 Å². The molecular weight excluding hydrogens is 618 g/mol. The van der Waals surface area contributed by atoms with E-state index in [9.17, 15) is 32.9 Å². The Labute approximate surface area is 257 Å². The lowest BCUT2D eigenvalue weighted by Crippen LogP contribution is -2.38. The van der Waals surface area contributed by atoms with Gasteiger partial charge in [0.25, 0.3) is 16.9 Å². The Morgan fingerprint density at radius 3 is 2.49 bits per heavy atom. The van der Waals surface area contributed by atoms with Crippen molar-refractivity contribution in [1.82, 2.24) is 4.90 Å². The Morgan fingerprint density at radius 1 is 1.11 bits per heavy atom. The molecule has 0 aliphatic carbocycles. The highest BCUT2D eigenvalue weighted by Gasteiger charge is 2.50. The minimum atomic E-state index is -3.71. The van der Waals surface area contributed by atoms with Crippen molar-refractivity contribution in [3.05, 3.63) is 63.2 Å². The normalized spacial score (nSPS) is 23.0. The summed E-state index contributed by atoms with van der Waals surface area (Å²) in [6.45, 7) is 1.50. The van der Waals surface area contributed by atoms with E-state index in [2.05, 4.69) is 10.2 Å². The lowest BCUT2D eigenvalue weighted by Gasteiger charge is -2.27. The maximum Gasteiger partial charge on any atom is 0.294 e. The molecule has 5 rings (SSSR count). The zero-order chi connectivity index (χ0) is 32.5. The number of hydrogen-bond donors (Lipinski definition) is 1. The molecule has 3 aliphatic rings. The van der Waals surface area contributed by atoms with Crippen molar-refractivity contribution in [3.8, 4) is 11.5 Å². The number of nitrogens with zero attached hydrogens (tertiary/aromatic N) is 2. The minimum absolute atomic E-state index is 0.0148. The maximum absolute atomic E-state index is 13.8. The van der Waals surface area contributed by atoms with Gasteiger partial charge in [0.2, 0.25) is 5.91 Å². The molecule has 0 saturated carbocycles. The predicted molar refractivity (Wildman–Crippen MR) is 153 cm³/mol. The van der Waals surface area contributed by atoms with Crippen LogP contribution in [0.25, 0.3) is 0 Å². The fraction of sp³-hybridized carbons (Fsp3) is 0.464. The number of carbonyl (C=O) groups is 3. The number of amides is 3. The largest absolute Gasteiger partial charge is 0.493 e. The molecule has 0 unspecified atom stereocenters. The summed E-state index contributed by atoms with van der Waals surface area (Å²) in [7, 11) is -2.26. The second-order valence-corrected chi connectivity index (χ2v) is 12.7. The molecule has 2 aromatic carbocycles. The second-order valence-electron chi connectivity index (χ2n) is 10.5. The zero-order valence-electron chi connectivity index (χ0n) is 24.5. The van der Waals surface area contributed by atoms with Crippen LogP contribution in [0.1, 0.15) is 39.2 Å². The lowest BCUT2D eigenvalue weighted by atomic mass is 10.1. The third-order valence-electron chi connectivity index (χ3n) is 7.48. The third kappa shape index (κ3) is 6.70. The molecule has 3 heterocycles. The van der Waals surface area contributed by atoms with Gasteiger partial charge in [-0.1, -0.05) is 12.1 Å². The highest BCUT2D eigenvalue weighted by molar-refractivity contribution is 7.90. The molecule has 17 heteroatoms. The quantitative estimate of drug-likeness (QED) is 0.184. The lowest BCUT2D eigenvalue weighted by molar-refractivity contribution is -0.769. The van der Waals surface area contributed by atoms with Crippen molar-refractivity contribution in [2.75, 3.05) is 50.9 Å². The van der Waals surface area contributed by atoms with E-state index in [0.29, 0.717) is 17.1 Å². The Hall–Kier alpha value is -4.32. The number of hydrogen-bond acceptors (Lipinski definition) is 13. The van der Waals surface area contributed by atoms with Crippen LogP contribution in [0.5, 0.6) is 11.5 Å². The van der Waals surface area contributed by atoms with Crippen molar-refractivity contribution in [2.24, 2.45) is 0 Å². The van der Waals surface area contributed by atoms with E-state index in [1.165, 1.54) is 31.4 Å². The first-order valence-corrected chi connectivity index (χ1v) is 15.9. The molecule has 1 N–H and O–H groups in total. The van der Waals surface area contributed by atoms with Gasteiger partial charge in [-0.25, -0.2) is 8.42 Å². The molecule has 0 radical (unpaired) electrons. The average molecular weight is 650 g/mol. The maximum atomic E-state index is 13.8. The van der Waals surface area contributed by atoms with Gasteiger partial charge in [-0.15, -0.1) is 10.1 Å². The van der Waals surface area contributed by atoms with Gasteiger partial charge in [0.05, 0.1) is 55.5 Å². The Morgan fingerprint density at radius 2 is 1.82 bits per heavy atom. The fourth-order valence-corrected chi connectivity index (χ4v) is 6.52. The van der Waals surface area contributed by atoms with Crippen LogP contribution in [-0.4, -0.2) is 106 Å². The molecule has 2 saturated heterocycles. The van der Waals surface area contributed by atoms with Gasteiger partial charge in [-0.05, 0) is 36.8 Å². The van der Waals surface area contributed by atoms with Crippen LogP contribution < -0.4 is 14.8 Å². The van der Waals surface area contributed by atoms with E-state index in [1.807, 2.05) is 0 Å². The summed E-state index contributed by atoms with van der Waals surface area (Å²) in [5, 5.41) is 12.4. The zero-order valence-corrected chi connectivity index (χ0v) is 25.3. The summed E-state index contributed by atoms with van der Waals surface area (Å²) in [6.07, 6.45) is -2.03. The van der Waals surface area contributed by atoms with Gasteiger partial charge >= 0.3 is 0 Å². The standard InChI is InChI=1S/C28H31N3O13S/c1-4-40-20-10-15(8-9-19(20)39-2)18(14-45(3,37)38)30-27(33)16-6-5-7-17(24(16)28(30)34)29-23(32)13-41-21-11-42-26-22(44-31(35)36)12-43-25(21)26/h5-10,18,21-22,25-26H,4,11-14H2,1-3H3,(H,29,32)/t18-,21+,22-,25-,26-/m1/s1. The fourth-order valence-electron chi connectivity index (χ4n) is 5.61. The van der Waals surface area contributed by atoms with E-state index in [4.69, 9.17) is 23.7 Å². The number of ether oxygens (including phenoxy) is 5. The topological polar surface area (TPSA) is 199 Å². The number of sulfone groups is 1. The van der Waals surface area contributed by atoms with Gasteiger partial charge in [0.1, 0.15) is 34.8 Å². The van der Waals surface area contributed by atoms with Crippen LogP contribution >= 0.6 is 0 Å². The summed E-state index contributed by atoms with van der Waals surface area (Å²) >= 11 is 0. The van der Waals surface area contributed by atoms with E-state index < -0.39 is 75.5 Å². The average Bonchev–Trinajstić information content (AvgIpc) is 3.64. The number of methoxy groups -OCH3 is 1. The van der Waals surface area contributed by atoms with E-state index in [0.717, 1.165) is 11.2 Å². The highest BCUT2D eigenvalue weighted by atomic mass is 32.2. The van der Waals surface area contributed by atoms with Crippen molar-refractivity contribution in [1.29, 1.82) is 0 Å². The molecule has 2 fully saturated rings. The molecule has 0 spiro atoms. The van der Waals surface area contributed by atoms with Crippen LogP contribution in [0.2, 0.25) is 0 Å². The SMILES string of the molecule is CCOc1cc([C@@H](CS(C)(=O)=O)N2C(=O)c3cccc(NC(=O)CO[C@H]4CO[C@H]5[C@@H]4OC[C@H]5O[N+](=O)[O-])c3C2=O)ccc1OC. The Bertz CT molecular complexity index is 1610. The molecule has 45 heavy (non-hydrogen) atoms. The van der Waals surface area contributed by atoms with Gasteiger partial charge in [0, 0.05) is 6.26 Å². The summed E-state index contributed by atoms with van der Waals surface area (Å²) in [5.74, 6) is -2.06. The van der Waals surface area contributed by atoms with Gasteiger partial charge in [0.15, 0.2) is 17.6 Å². The number of rotatable bonds is 13. The number of anilines is 1. The molecule has 16 nitrogen and oxygen atoms in total. The predicted octanol–water partition coefficient (Wildman–Crippen LogP) is 1.17. The van der Waals surface area contributed by atoms with Gasteiger partial charge < -0.3 is 33.8 Å². The minimum Gasteiger partial charge on any atom is -0.493 e. The highest BCUT2D eigenvalue weighted by Crippen LogP contribution is 2.38.